The van der Waals surface area contributed by atoms with Crippen molar-refractivity contribution in [2.45, 2.75) is 45.4 Å². The minimum atomic E-state index is -1.14. The number of ether oxygens (including phenoxy) is 2. The van der Waals surface area contributed by atoms with Gasteiger partial charge in [-0.25, -0.2) is 9.78 Å². The largest absolute Gasteiger partial charge is 0.426 e. The third-order valence-corrected chi connectivity index (χ3v) is 6.69. The Bertz CT molecular complexity index is 1110. The number of carbonyl (C=O) groups is 4. The lowest BCUT2D eigenvalue weighted by atomic mass is 10.0. The van der Waals surface area contributed by atoms with Gasteiger partial charge in [-0.1, -0.05) is 17.3 Å². The van der Waals surface area contributed by atoms with E-state index in [1.165, 1.54) is 30.5 Å². The first-order valence-electron chi connectivity index (χ1n) is 10.6. The third kappa shape index (κ3) is 5.82. The monoisotopic (exact) mass is 523 g/mol. The number of nitrogens with one attached hydrogen (secondary N) is 1. The molecule has 0 bridgehead atoms. The van der Waals surface area contributed by atoms with Gasteiger partial charge < -0.3 is 25.4 Å². The van der Waals surface area contributed by atoms with E-state index in [1.54, 1.807) is 31.4 Å². The molecule has 2 amide bonds. The van der Waals surface area contributed by atoms with Gasteiger partial charge in [0.05, 0.1) is 0 Å². The van der Waals surface area contributed by atoms with Gasteiger partial charge in [-0.15, -0.1) is 23.1 Å². The summed E-state index contributed by atoms with van der Waals surface area (Å²) in [7, 11) is 0. The Hall–Kier alpha value is -3.39. The first-order chi connectivity index (χ1) is 16.7. The molecule has 2 aliphatic rings. The number of amides is 2. The number of oxime groups is 1. The lowest BCUT2D eigenvalue weighted by molar-refractivity contribution is -0.182. The molecule has 188 valence electrons. The van der Waals surface area contributed by atoms with E-state index in [4.69, 9.17) is 20.0 Å². The number of esters is 2. The number of thiazole rings is 1. The lowest BCUT2D eigenvalue weighted by Gasteiger charge is -2.49. The van der Waals surface area contributed by atoms with Gasteiger partial charge in [-0.2, -0.15) is 0 Å². The van der Waals surface area contributed by atoms with Gasteiger partial charge in [-0.05, 0) is 19.4 Å². The fourth-order valence-electron chi connectivity index (χ4n) is 3.37. The van der Waals surface area contributed by atoms with E-state index >= 15 is 0 Å². The number of hydrogen-bond donors (Lipinski definition) is 2. The first-order valence-corrected chi connectivity index (χ1v) is 12.5. The van der Waals surface area contributed by atoms with Gasteiger partial charge in [0.2, 0.25) is 6.29 Å². The molecule has 0 saturated carbocycles. The number of rotatable bonds is 9. The molecule has 1 saturated heterocycles. The first kappa shape index (κ1) is 26.2. The summed E-state index contributed by atoms with van der Waals surface area (Å²) in [6.45, 7) is 6.30. The fourth-order valence-corrected chi connectivity index (χ4v) is 5.23. The Kier molecular flexibility index (Phi) is 8.51. The van der Waals surface area contributed by atoms with Crippen molar-refractivity contribution in [2.75, 3.05) is 18.1 Å². The number of nitrogens with two attached hydrogens (primary N) is 1. The van der Waals surface area contributed by atoms with Crippen LogP contribution in [0.1, 0.15) is 33.4 Å². The minimum absolute atomic E-state index is 0.0387. The van der Waals surface area contributed by atoms with Crippen molar-refractivity contribution < 1.29 is 33.5 Å². The van der Waals surface area contributed by atoms with Crippen molar-refractivity contribution >= 4 is 57.7 Å². The van der Waals surface area contributed by atoms with Crippen molar-refractivity contribution in [1.82, 2.24) is 15.2 Å². The van der Waals surface area contributed by atoms with Gasteiger partial charge in [0.15, 0.2) is 10.8 Å². The Labute approximate surface area is 209 Å². The standard InChI is InChI=1S/C21H25N5O7S2/c1-5-7-12-8-34-19-15(18(29)26(19)16(12)20(30)33-11(4)32-10(3)27)24-17(28)14(25-31-6-2)13-9-35-21(22)23-13/h5,7,9,11,15,19H,6,8H2,1-4H3,(H2,22,23)(H,24,28)/b7-5-,25-14-/t11?,15-,19-/m1/s1. The smallest absolute Gasteiger partial charge is 0.358 e. The highest BCUT2D eigenvalue weighted by Gasteiger charge is 2.54. The zero-order valence-electron chi connectivity index (χ0n) is 19.5. The molecule has 35 heavy (non-hydrogen) atoms. The number of aromatic nitrogens is 1. The molecule has 1 aromatic rings. The van der Waals surface area contributed by atoms with Gasteiger partial charge in [0, 0.05) is 25.0 Å². The molecule has 1 unspecified atom stereocenters. The van der Waals surface area contributed by atoms with Crippen molar-refractivity contribution in [2.24, 2.45) is 5.16 Å². The number of allylic oxidation sites excluding steroid dienone is 2. The maximum atomic E-state index is 13.1. The van der Waals surface area contributed by atoms with Gasteiger partial charge in [0.25, 0.3) is 11.8 Å². The molecular formula is C21H25N5O7S2. The summed E-state index contributed by atoms with van der Waals surface area (Å²) in [5.74, 6) is -2.21. The number of carbonyl (C=O) groups excluding carboxylic acids is 4. The third-order valence-electron chi connectivity index (χ3n) is 4.72. The molecule has 3 atom stereocenters. The zero-order valence-corrected chi connectivity index (χ0v) is 21.1. The zero-order chi connectivity index (χ0) is 25.7. The highest BCUT2D eigenvalue weighted by atomic mass is 32.2. The molecule has 3 N–H and O–H groups in total. The van der Waals surface area contributed by atoms with Crippen LogP contribution in [0, 0.1) is 0 Å². The molecule has 14 heteroatoms. The van der Waals surface area contributed by atoms with Crippen LogP contribution in [-0.2, 0) is 33.5 Å². The SMILES string of the molecule is C/C=C\C1=C(C(=O)OC(C)OC(C)=O)N2C(=O)[C@@H](NC(=O)/C(=N\OCC)c3csc(N)n3)[C@H]2SC1. The molecule has 2 aliphatic heterocycles. The lowest BCUT2D eigenvalue weighted by Crippen LogP contribution is -2.71. The van der Waals surface area contributed by atoms with Crippen LogP contribution < -0.4 is 11.1 Å². The molecule has 3 rings (SSSR count). The van der Waals surface area contributed by atoms with E-state index in [0.29, 0.717) is 11.3 Å². The number of fused-ring (bicyclic) bond motifs is 1. The molecule has 1 aromatic heterocycles. The molecule has 0 aliphatic carbocycles. The Morgan fingerprint density at radius 2 is 2.14 bits per heavy atom. The Balaban J connectivity index is 1.80. The van der Waals surface area contributed by atoms with Crippen molar-refractivity contribution in [3.8, 4) is 0 Å². The van der Waals surface area contributed by atoms with Crippen molar-refractivity contribution in [3.05, 3.63) is 34.5 Å². The second-order valence-corrected chi connectivity index (χ2v) is 9.24. The second kappa shape index (κ2) is 11.4. The number of hydrogen-bond acceptors (Lipinski definition) is 12. The van der Waals surface area contributed by atoms with Crippen LogP contribution in [0.2, 0.25) is 0 Å². The number of anilines is 1. The van der Waals surface area contributed by atoms with Crippen LogP contribution in [0.5, 0.6) is 0 Å². The topological polar surface area (TPSA) is 163 Å². The van der Waals surface area contributed by atoms with Gasteiger partial charge >= 0.3 is 11.9 Å². The van der Waals surface area contributed by atoms with Crippen LogP contribution in [0.15, 0.2) is 34.0 Å². The molecular weight excluding hydrogens is 498 g/mol. The average Bonchev–Trinajstić information content (AvgIpc) is 3.22. The highest BCUT2D eigenvalue weighted by Crippen LogP contribution is 2.41. The summed E-state index contributed by atoms with van der Waals surface area (Å²) < 4.78 is 10.1. The van der Waals surface area contributed by atoms with E-state index < -0.39 is 41.5 Å². The summed E-state index contributed by atoms with van der Waals surface area (Å²) >= 11 is 2.51. The second-order valence-electron chi connectivity index (χ2n) is 7.25. The predicted octanol–water partition coefficient (Wildman–Crippen LogP) is 1.15. The average molecular weight is 524 g/mol. The van der Waals surface area contributed by atoms with Gasteiger partial charge in [-0.3, -0.25) is 19.3 Å². The van der Waals surface area contributed by atoms with E-state index in [1.807, 2.05) is 0 Å². The molecule has 0 aromatic carbocycles. The van der Waals surface area contributed by atoms with E-state index in [9.17, 15) is 19.2 Å². The normalized spacial score (nSPS) is 20.7. The molecule has 0 spiro atoms. The quantitative estimate of drug-likeness (QED) is 0.158. The summed E-state index contributed by atoms with van der Waals surface area (Å²) in [6.07, 6.45) is 2.30. The van der Waals surface area contributed by atoms with E-state index in [2.05, 4.69) is 15.5 Å². The summed E-state index contributed by atoms with van der Waals surface area (Å²) in [5, 5.41) is 7.74. The van der Waals surface area contributed by atoms with Crippen LogP contribution >= 0.6 is 23.1 Å². The van der Waals surface area contributed by atoms with Crippen LogP contribution in [0.4, 0.5) is 5.13 Å². The van der Waals surface area contributed by atoms with E-state index in [0.717, 1.165) is 11.3 Å². The fraction of sp³-hybridized carbons (Fsp3) is 0.429. The van der Waals surface area contributed by atoms with Crippen molar-refractivity contribution in [3.63, 3.8) is 0 Å². The number of β-lactam (4-membered cyclic amide) rings is 1. The van der Waals surface area contributed by atoms with E-state index in [-0.39, 0.29) is 28.8 Å². The van der Waals surface area contributed by atoms with Crippen LogP contribution in [0.25, 0.3) is 0 Å². The van der Waals surface area contributed by atoms with Crippen molar-refractivity contribution in [1.29, 1.82) is 0 Å². The summed E-state index contributed by atoms with van der Waals surface area (Å²) in [6, 6.07) is -0.920. The van der Waals surface area contributed by atoms with Crippen LogP contribution in [0.3, 0.4) is 0 Å². The number of thioether (sulfide) groups is 1. The highest BCUT2D eigenvalue weighted by molar-refractivity contribution is 8.00. The Morgan fingerprint density at radius 1 is 1.40 bits per heavy atom. The summed E-state index contributed by atoms with van der Waals surface area (Å²) in [5.41, 5.74) is 6.38. The Morgan fingerprint density at radius 3 is 2.74 bits per heavy atom. The number of nitrogens with zero attached hydrogens (tertiary/aromatic N) is 3. The van der Waals surface area contributed by atoms with Gasteiger partial charge in [0.1, 0.15) is 29.4 Å². The molecule has 12 nitrogen and oxygen atoms in total. The molecule has 1 fully saturated rings. The molecule has 0 radical (unpaired) electrons. The maximum Gasteiger partial charge on any atom is 0.358 e. The maximum absolute atomic E-state index is 13.1. The van der Waals surface area contributed by atoms with Crippen LogP contribution in [-0.4, -0.2) is 69.4 Å². The summed E-state index contributed by atoms with van der Waals surface area (Å²) in [4.78, 5) is 60.5. The minimum Gasteiger partial charge on any atom is -0.426 e. The molecule has 3 heterocycles. The predicted molar refractivity (Wildman–Crippen MR) is 129 cm³/mol. The number of nitrogen functional groups attached to an aromatic ring is 1.